The van der Waals surface area contributed by atoms with Crippen LogP contribution in [0, 0.1) is 0 Å². The van der Waals surface area contributed by atoms with Crippen LogP contribution in [0.2, 0.25) is 5.02 Å². The number of hydrogen-bond donors (Lipinski definition) is 1. The molecular formula is C20H19ClN2O4S. The number of sulfonamides is 1. The first kappa shape index (κ1) is 20.1. The number of anilines is 1. The van der Waals surface area contributed by atoms with Crippen molar-refractivity contribution < 1.29 is 17.6 Å². The van der Waals surface area contributed by atoms with Gasteiger partial charge in [0.1, 0.15) is 5.76 Å². The number of halogens is 1. The summed E-state index contributed by atoms with van der Waals surface area (Å²) in [6.45, 7) is 0.0287. The molecule has 0 atom stereocenters. The van der Waals surface area contributed by atoms with Gasteiger partial charge in [-0.25, -0.2) is 8.42 Å². The van der Waals surface area contributed by atoms with E-state index in [1.807, 2.05) is 18.2 Å². The molecule has 0 saturated heterocycles. The lowest BCUT2D eigenvalue weighted by molar-refractivity contribution is -0.116. The number of benzene rings is 2. The van der Waals surface area contributed by atoms with Gasteiger partial charge < -0.3 is 9.73 Å². The van der Waals surface area contributed by atoms with E-state index in [1.165, 1.54) is 34.8 Å². The zero-order chi connectivity index (χ0) is 20.0. The van der Waals surface area contributed by atoms with Crippen molar-refractivity contribution in [3.05, 3.63) is 83.8 Å². The SMILES string of the molecule is O=C(CCN(Cc1ccco1)S(=O)(=O)c1ccc(Cl)cc1)Nc1ccccc1. The minimum Gasteiger partial charge on any atom is -0.468 e. The second-order valence-corrected chi connectivity index (χ2v) is 8.41. The Bertz CT molecular complexity index is 1000. The zero-order valence-corrected chi connectivity index (χ0v) is 16.5. The van der Waals surface area contributed by atoms with Crippen molar-refractivity contribution >= 4 is 33.2 Å². The monoisotopic (exact) mass is 418 g/mol. The van der Waals surface area contributed by atoms with Crippen molar-refractivity contribution in [3.8, 4) is 0 Å². The van der Waals surface area contributed by atoms with Crippen molar-refractivity contribution in [2.45, 2.75) is 17.9 Å². The fourth-order valence-electron chi connectivity index (χ4n) is 2.59. The maximum atomic E-state index is 13.1. The number of carbonyl (C=O) groups excluding carboxylic acids is 1. The van der Waals surface area contributed by atoms with Crippen LogP contribution in [0.3, 0.4) is 0 Å². The summed E-state index contributed by atoms with van der Waals surface area (Å²) in [5, 5.41) is 3.20. The fourth-order valence-corrected chi connectivity index (χ4v) is 4.12. The Morgan fingerprint density at radius 1 is 1.00 bits per heavy atom. The Labute approximate surface area is 168 Å². The van der Waals surface area contributed by atoms with E-state index in [0.29, 0.717) is 16.5 Å². The summed E-state index contributed by atoms with van der Waals surface area (Å²) in [6.07, 6.45) is 1.48. The molecule has 6 nitrogen and oxygen atoms in total. The Morgan fingerprint density at radius 3 is 2.36 bits per heavy atom. The molecule has 3 rings (SSSR count). The second kappa shape index (κ2) is 9.05. The van der Waals surface area contributed by atoms with Crippen LogP contribution in [0.25, 0.3) is 0 Å². The molecule has 1 heterocycles. The zero-order valence-electron chi connectivity index (χ0n) is 14.9. The lowest BCUT2D eigenvalue weighted by atomic mass is 10.3. The molecule has 2 aromatic carbocycles. The molecule has 8 heteroatoms. The molecule has 0 radical (unpaired) electrons. The average molecular weight is 419 g/mol. The van der Waals surface area contributed by atoms with E-state index in [9.17, 15) is 13.2 Å². The normalized spacial score (nSPS) is 11.5. The Balaban J connectivity index is 1.75. The van der Waals surface area contributed by atoms with Gasteiger partial charge in [-0.1, -0.05) is 29.8 Å². The second-order valence-electron chi connectivity index (χ2n) is 6.04. The minimum absolute atomic E-state index is 0.00240. The number of nitrogens with one attached hydrogen (secondary N) is 1. The maximum Gasteiger partial charge on any atom is 0.243 e. The Morgan fingerprint density at radius 2 is 1.71 bits per heavy atom. The molecule has 0 aliphatic heterocycles. The first-order valence-electron chi connectivity index (χ1n) is 8.58. The van der Waals surface area contributed by atoms with Gasteiger partial charge in [-0.3, -0.25) is 4.79 Å². The van der Waals surface area contributed by atoms with Crippen LogP contribution in [0.4, 0.5) is 5.69 Å². The van der Waals surface area contributed by atoms with Crippen molar-refractivity contribution in [1.29, 1.82) is 0 Å². The Kier molecular flexibility index (Phi) is 6.51. The van der Waals surface area contributed by atoms with Gasteiger partial charge in [0.25, 0.3) is 0 Å². The molecule has 0 aliphatic carbocycles. The van der Waals surface area contributed by atoms with E-state index >= 15 is 0 Å². The first-order chi connectivity index (χ1) is 13.4. The highest BCUT2D eigenvalue weighted by atomic mass is 35.5. The smallest absolute Gasteiger partial charge is 0.243 e. The predicted octanol–water partition coefficient (Wildman–Crippen LogP) is 4.15. The van der Waals surface area contributed by atoms with Crippen LogP contribution in [-0.2, 0) is 21.4 Å². The number of nitrogens with zero attached hydrogens (tertiary/aromatic N) is 1. The standard InChI is InChI=1S/C20H19ClN2O4S/c21-16-8-10-19(11-9-16)28(25,26)23(15-18-7-4-14-27-18)13-12-20(24)22-17-5-2-1-3-6-17/h1-11,14H,12-13,15H2,(H,22,24). The molecule has 0 saturated carbocycles. The van der Waals surface area contributed by atoms with E-state index in [4.69, 9.17) is 16.0 Å². The van der Waals surface area contributed by atoms with Gasteiger partial charge in [-0.15, -0.1) is 0 Å². The average Bonchev–Trinajstić information content (AvgIpc) is 3.19. The molecule has 1 amide bonds. The highest BCUT2D eigenvalue weighted by molar-refractivity contribution is 7.89. The van der Waals surface area contributed by atoms with Crippen LogP contribution in [0.5, 0.6) is 0 Å². The Hall–Kier alpha value is -2.61. The van der Waals surface area contributed by atoms with Gasteiger partial charge >= 0.3 is 0 Å². The molecule has 1 aromatic heterocycles. The third-order valence-electron chi connectivity index (χ3n) is 4.01. The van der Waals surface area contributed by atoms with Crippen molar-refractivity contribution in [2.24, 2.45) is 0 Å². The van der Waals surface area contributed by atoms with E-state index in [0.717, 1.165) is 0 Å². The number of carbonyl (C=O) groups is 1. The molecule has 3 aromatic rings. The topological polar surface area (TPSA) is 79.6 Å². The van der Waals surface area contributed by atoms with E-state index < -0.39 is 10.0 Å². The van der Waals surface area contributed by atoms with Gasteiger partial charge in [0.2, 0.25) is 15.9 Å². The van der Waals surface area contributed by atoms with E-state index in [-0.39, 0.29) is 30.3 Å². The largest absolute Gasteiger partial charge is 0.468 e. The van der Waals surface area contributed by atoms with E-state index in [1.54, 1.807) is 24.3 Å². The van der Waals surface area contributed by atoms with Crippen LogP contribution in [-0.4, -0.2) is 25.2 Å². The summed E-state index contributed by atoms with van der Waals surface area (Å²) in [6, 6.07) is 18.3. The molecule has 0 bridgehead atoms. The van der Waals surface area contributed by atoms with Gasteiger partial charge in [-0.2, -0.15) is 4.31 Å². The van der Waals surface area contributed by atoms with Gasteiger partial charge in [0.15, 0.2) is 0 Å². The number of amides is 1. The first-order valence-corrected chi connectivity index (χ1v) is 10.4. The summed E-state index contributed by atoms with van der Waals surface area (Å²) < 4.78 is 32.6. The quantitative estimate of drug-likeness (QED) is 0.595. The summed E-state index contributed by atoms with van der Waals surface area (Å²) in [7, 11) is -3.83. The third kappa shape index (κ3) is 5.22. The summed E-state index contributed by atoms with van der Waals surface area (Å²) in [5.41, 5.74) is 0.658. The van der Waals surface area contributed by atoms with Gasteiger partial charge in [0.05, 0.1) is 17.7 Å². The van der Waals surface area contributed by atoms with Crippen molar-refractivity contribution in [2.75, 3.05) is 11.9 Å². The molecule has 0 aliphatic rings. The number of para-hydroxylation sites is 1. The van der Waals surface area contributed by atoms with Crippen LogP contribution in [0.15, 0.2) is 82.3 Å². The van der Waals surface area contributed by atoms with Crippen LogP contribution < -0.4 is 5.32 Å². The molecule has 0 fully saturated rings. The number of furan rings is 1. The lowest BCUT2D eigenvalue weighted by Gasteiger charge is -2.21. The summed E-state index contributed by atoms with van der Waals surface area (Å²) in [4.78, 5) is 12.4. The van der Waals surface area contributed by atoms with Crippen molar-refractivity contribution in [3.63, 3.8) is 0 Å². The number of hydrogen-bond acceptors (Lipinski definition) is 4. The van der Waals surface area contributed by atoms with Crippen LogP contribution in [0.1, 0.15) is 12.2 Å². The maximum absolute atomic E-state index is 13.1. The number of rotatable bonds is 8. The van der Waals surface area contributed by atoms with Crippen molar-refractivity contribution in [1.82, 2.24) is 4.31 Å². The summed E-state index contributed by atoms with van der Waals surface area (Å²) >= 11 is 5.86. The molecular weight excluding hydrogens is 400 g/mol. The fraction of sp³-hybridized carbons (Fsp3) is 0.150. The molecule has 1 N–H and O–H groups in total. The minimum atomic E-state index is -3.83. The molecule has 0 spiro atoms. The predicted molar refractivity (Wildman–Crippen MR) is 107 cm³/mol. The summed E-state index contributed by atoms with van der Waals surface area (Å²) in [5.74, 6) is 0.211. The van der Waals surface area contributed by atoms with Crippen LogP contribution >= 0.6 is 11.6 Å². The highest BCUT2D eigenvalue weighted by Crippen LogP contribution is 2.21. The van der Waals surface area contributed by atoms with Gasteiger partial charge in [-0.05, 0) is 48.5 Å². The lowest BCUT2D eigenvalue weighted by Crippen LogP contribution is -2.33. The van der Waals surface area contributed by atoms with E-state index in [2.05, 4.69) is 5.32 Å². The molecule has 28 heavy (non-hydrogen) atoms. The third-order valence-corrected chi connectivity index (χ3v) is 6.12. The molecule has 146 valence electrons. The highest BCUT2D eigenvalue weighted by Gasteiger charge is 2.26. The molecule has 0 unspecified atom stereocenters. The van der Waals surface area contributed by atoms with Gasteiger partial charge in [0, 0.05) is 23.7 Å².